The first kappa shape index (κ1) is 12.6. The molecule has 0 spiro atoms. The second-order valence-electron chi connectivity index (χ2n) is 4.34. The summed E-state index contributed by atoms with van der Waals surface area (Å²) in [6.07, 6.45) is 3.50. The highest BCUT2D eigenvalue weighted by Gasteiger charge is 2.13. The second kappa shape index (κ2) is 6.17. The highest BCUT2D eigenvalue weighted by molar-refractivity contribution is 9.10. The molecule has 4 heteroatoms. The maximum absolute atomic E-state index is 11.8. The Morgan fingerprint density at radius 3 is 2.82 bits per heavy atom. The second-order valence-corrected chi connectivity index (χ2v) is 5.26. The van der Waals surface area contributed by atoms with E-state index >= 15 is 0 Å². The third-order valence-corrected chi connectivity index (χ3v) is 3.58. The lowest BCUT2D eigenvalue weighted by Gasteiger charge is -2.10. The molecule has 0 aliphatic carbocycles. The molecule has 1 amide bonds. The van der Waals surface area contributed by atoms with Crippen LogP contribution in [0.1, 0.15) is 29.6 Å². The van der Waals surface area contributed by atoms with Gasteiger partial charge in [-0.15, -0.1) is 0 Å². The van der Waals surface area contributed by atoms with Gasteiger partial charge in [0.05, 0.1) is 0 Å². The van der Waals surface area contributed by atoms with Gasteiger partial charge < -0.3 is 10.6 Å². The Morgan fingerprint density at radius 2 is 2.18 bits per heavy atom. The van der Waals surface area contributed by atoms with E-state index in [-0.39, 0.29) is 5.91 Å². The minimum Gasteiger partial charge on any atom is -0.352 e. The first-order valence-electron chi connectivity index (χ1n) is 6.03. The summed E-state index contributed by atoms with van der Waals surface area (Å²) in [7, 11) is 0. The van der Waals surface area contributed by atoms with Gasteiger partial charge in [0.2, 0.25) is 0 Å². The van der Waals surface area contributed by atoms with Crippen LogP contribution in [-0.2, 0) is 0 Å². The molecule has 1 aromatic carbocycles. The monoisotopic (exact) mass is 296 g/mol. The largest absolute Gasteiger partial charge is 0.352 e. The van der Waals surface area contributed by atoms with Gasteiger partial charge in [-0.1, -0.05) is 15.9 Å². The number of hydrogen-bond donors (Lipinski definition) is 2. The number of carbonyl (C=O) groups is 1. The van der Waals surface area contributed by atoms with E-state index in [9.17, 15) is 4.79 Å². The third-order valence-electron chi connectivity index (χ3n) is 3.05. The van der Waals surface area contributed by atoms with Gasteiger partial charge in [-0.05, 0) is 50.1 Å². The van der Waals surface area contributed by atoms with Crippen molar-refractivity contribution in [3.05, 3.63) is 34.3 Å². The summed E-state index contributed by atoms with van der Waals surface area (Å²) in [4.78, 5) is 11.8. The normalized spacial score (nSPS) is 19.2. The van der Waals surface area contributed by atoms with Gasteiger partial charge in [0.15, 0.2) is 0 Å². The molecule has 0 aromatic heterocycles. The SMILES string of the molecule is O=C(NCCC1CCCN1)c1ccc(Br)cc1. The fourth-order valence-electron chi connectivity index (χ4n) is 2.07. The molecule has 1 fully saturated rings. The van der Waals surface area contributed by atoms with E-state index in [2.05, 4.69) is 26.6 Å². The van der Waals surface area contributed by atoms with Crippen molar-refractivity contribution in [2.24, 2.45) is 0 Å². The van der Waals surface area contributed by atoms with Crippen LogP contribution in [0.4, 0.5) is 0 Å². The van der Waals surface area contributed by atoms with Crippen LogP contribution in [0.2, 0.25) is 0 Å². The number of rotatable bonds is 4. The Hall–Kier alpha value is -0.870. The van der Waals surface area contributed by atoms with Gasteiger partial charge in [0.1, 0.15) is 0 Å². The van der Waals surface area contributed by atoms with Gasteiger partial charge in [-0.3, -0.25) is 4.79 Å². The molecule has 3 nitrogen and oxygen atoms in total. The lowest BCUT2D eigenvalue weighted by atomic mass is 10.1. The molecule has 0 saturated carbocycles. The standard InChI is InChI=1S/C13H17BrN2O/c14-11-5-3-10(4-6-11)13(17)16-9-7-12-2-1-8-15-12/h3-6,12,15H,1-2,7-9H2,(H,16,17). The molecule has 2 rings (SSSR count). The molecular formula is C13H17BrN2O. The van der Waals surface area contributed by atoms with Crippen LogP contribution in [0.15, 0.2) is 28.7 Å². The topological polar surface area (TPSA) is 41.1 Å². The zero-order valence-electron chi connectivity index (χ0n) is 9.71. The summed E-state index contributed by atoms with van der Waals surface area (Å²) in [5, 5.41) is 6.37. The molecule has 1 aliphatic rings. The van der Waals surface area contributed by atoms with Crippen molar-refractivity contribution in [1.29, 1.82) is 0 Å². The van der Waals surface area contributed by atoms with Crippen LogP contribution >= 0.6 is 15.9 Å². The molecule has 17 heavy (non-hydrogen) atoms. The summed E-state index contributed by atoms with van der Waals surface area (Å²) in [5.74, 6) is 0.00972. The van der Waals surface area contributed by atoms with Crippen molar-refractivity contribution in [2.45, 2.75) is 25.3 Å². The lowest BCUT2D eigenvalue weighted by Crippen LogP contribution is -2.30. The Bertz CT molecular complexity index is 372. The van der Waals surface area contributed by atoms with Crippen molar-refractivity contribution in [3.8, 4) is 0 Å². The number of hydrogen-bond acceptors (Lipinski definition) is 2. The Balaban J connectivity index is 1.75. The zero-order valence-corrected chi connectivity index (χ0v) is 11.3. The van der Waals surface area contributed by atoms with Gasteiger partial charge in [-0.2, -0.15) is 0 Å². The summed E-state index contributed by atoms with van der Waals surface area (Å²) < 4.78 is 0.990. The average Bonchev–Trinajstić information content (AvgIpc) is 2.83. The molecule has 0 radical (unpaired) electrons. The predicted octanol–water partition coefficient (Wildman–Crippen LogP) is 2.32. The number of amides is 1. The Morgan fingerprint density at radius 1 is 1.41 bits per heavy atom. The van der Waals surface area contributed by atoms with Gasteiger partial charge in [0.25, 0.3) is 5.91 Å². The van der Waals surface area contributed by atoms with Crippen molar-refractivity contribution in [3.63, 3.8) is 0 Å². The fourth-order valence-corrected chi connectivity index (χ4v) is 2.33. The maximum Gasteiger partial charge on any atom is 0.251 e. The highest BCUT2D eigenvalue weighted by Crippen LogP contribution is 2.11. The smallest absolute Gasteiger partial charge is 0.251 e. The quantitative estimate of drug-likeness (QED) is 0.895. The van der Waals surface area contributed by atoms with E-state index in [1.807, 2.05) is 24.3 Å². The van der Waals surface area contributed by atoms with Crippen molar-refractivity contribution < 1.29 is 4.79 Å². The van der Waals surface area contributed by atoms with E-state index in [4.69, 9.17) is 0 Å². The van der Waals surface area contributed by atoms with E-state index < -0.39 is 0 Å². The van der Waals surface area contributed by atoms with Gasteiger partial charge in [0, 0.05) is 22.6 Å². The van der Waals surface area contributed by atoms with Crippen LogP contribution in [0, 0.1) is 0 Å². The number of carbonyl (C=O) groups excluding carboxylic acids is 1. The molecule has 0 bridgehead atoms. The highest BCUT2D eigenvalue weighted by atomic mass is 79.9. The summed E-state index contributed by atoms with van der Waals surface area (Å²) in [6.45, 7) is 1.86. The molecule has 1 unspecified atom stereocenters. The van der Waals surface area contributed by atoms with Crippen LogP contribution in [0.3, 0.4) is 0 Å². The van der Waals surface area contributed by atoms with Crippen molar-refractivity contribution in [2.75, 3.05) is 13.1 Å². The van der Waals surface area contributed by atoms with E-state index in [1.54, 1.807) is 0 Å². The molecule has 1 atom stereocenters. The van der Waals surface area contributed by atoms with Crippen molar-refractivity contribution >= 4 is 21.8 Å². The van der Waals surface area contributed by atoms with Gasteiger partial charge >= 0.3 is 0 Å². The predicted molar refractivity (Wildman–Crippen MR) is 72.1 cm³/mol. The summed E-state index contributed by atoms with van der Waals surface area (Å²) >= 11 is 3.35. The van der Waals surface area contributed by atoms with Gasteiger partial charge in [-0.25, -0.2) is 0 Å². The lowest BCUT2D eigenvalue weighted by molar-refractivity contribution is 0.0952. The number of nitrogens with one attached hydrogen (secondary N) is 2. The summed E-state index contributed by atoms with van der Waals surface area (Å²) in [5.41, 5.74) is 0.715. The fraction of sp³-hybridized carbons (Fsp3) is 0.462. The average molecular weight is 297 g/mol. The minimum atomic E-state index is 0.00972. The van der Waals surface area contributed by atoms with Crippen LogP contribution in [-0.4, -0.2) is 25.0 Å². The van der Waals surface area contributed by atoms with E-state index in [0.717, 1.165) is 24.0 Å². The van der Waals surface area contributed by atoms with Crippen LogP contribution in [0.5, 0.6) is 0 Å². The molecule has 92 valence electrons. The van der Waals surface area contributed by atoms with Crippen LogP contribution < -0.4 is 10.6 Å². The van der Waals surface area contributed by atoms with Crippen LogP contribution in [0.25, 0.3) is 0 Å². The minimum absolute atomic E-state index is 0.00972. The first-order chi connectivity index (χ1) is 8.25. The Kier molecular flexibility index (Phi) is 4.57. The zero-order chi connectivity index (χ0) is 12.1. The van der Waals surface area contributed by atoms with E-state index in [1.165, 1.54) is 12.8 Å². The first-order valence-corrected chi connectivity index (χ1v) is 6.82. The molecular weight excluding hydrogens is 280 g/mol. The number of halogens is 1. The summed E-state index contributed by atoms with van der Waals surface area (Å²) in [6, 6.07) is 8.00. The third kappa shape index (κ3) is 3.82. The Labute approximate surface area is 110 Å². The molecule has 1 heterocycles. The molecule has 1 aromatic rings. The maximum atomic E-state index is 11.8. The van der Waals surface area contributed by atoms with Crippen molar-refractivity contribution in [1.82, 2.24) is 10.6 Å². The molecule has 1 aliphatic heterocycles. The number of benzene rings is 1. The molecule has 2 N–H and O–H groups in total. The van der Waals surface area contributed by atoms with E-state index in [0.29, 0.717) is 11.6 Å². The molecule has 1 saturated heterocycles.